The lowest BCUT2D eigenvalue weighted by Gasteiger charge is -2.10. The highest BCUT2D eigenvalue weighted by molar-refractivity contribution is 5.85. The van der Waals surface area contributed by atoms with Crippen LogP contribution in [0.5, 0.6) is 0 Å². The number of esters is 1. The lowest BCUT2D eigenvalue weighted by Crippen LogP contribution is -2.33. The molecule has 112 valence electrons. The molecule has 0 aliphatic carbocycles. The molecule has 0 unspecified atom stereocenters. The second-order valence-corrected chi connectivity index (χ2v) is 4.90. The van der Waals surface area contributed by atoms with Gasteiger partial charge in [-0.1, -0.05) is 54.1 Å². The first-order valence-electron chi connectivity index (χ1n) is 6.59. The zero-order valence-corrected chi connectivity index (χ0v) is 13.0. The third-order valence-electron chi connectivity index (χ3n) is 3.30. The first-order chi connectivity index (χ1) is 9.60. The summed E-state index contributed by atoms with van der Waals surface area (Å²) in [6.07, 6.45) is 0.487. The molecule has 3 nitrogen and oxygen atoms in total. The molecule has 0 spiro atoms. The fraction of sp³-hybridized carbons (Fsp3) is 0.235. The molecule has 2 N–H and O–H groups in total. The van der Waals surface area contributed by atoms with E-state index in [9.17, 15) is 4.79 Å². The predicted molar refractivity (Wildman–Crippen MR) is 87.6 cm³/mol. The normalized spacial score (nSPS) is 11.4. The SMILES string of the molecule is COC(=O)[C@@H](N)Cc1ccc(-c2ccc(C)cc2)cc1.Cl. The Balaban J connectivity index is 0.00000220. The average molecular weight is 306 g/mol. The van der Waals surface area contributed by atoms with Gasteiger partial charge in [0.1, 0.15) is 6.04 Å². The van der Waals surface area contributed by atoms with Crippen molar-refractivity contribution in [2.24, 2.45) is 5.73 Å². The van der Waals surface area contributed by atoms with Gasteiger partial charge in [-0.05, 0) is 30.0 Å². The van der Waals surface area contributed by atoms with Crippen LogP contribution in [0.4, 0.5) is 0 Å². The predicted octanol–water partition coefficient (Wildman–Crippen LogP) is 3.13. The van der Waals surface area contributed by atoms with Gasteiger partial charge < -0.3 is 10.5 Å². The zero-order valence-electron chi connectivity index (χ0n) is 12.2. The lowest BCUT2D eigenvalue weighted by molar-refractivity contribution is -0.142. The highest BCUT2D eigenvalue weighted by Gasteiger charge is 2.13. The number of aryl methyl sites for hydroxylation is 1. The van der Waals surface area contributed by atoms with Crippen molar-refractivity contribution in [3.63, 3.8) is 0 Å². The molecule has 1 atom stereocenters. The Labute approximate surface area is 131 Å². The Morgan fingerprint density at radius 2 is 1.52 bits per heavy atom. The van der Waals surface area contributed by atoms with Crippen molar-refractivity contribution in [2.75, 3.05) is 7.11 Å². The van der Waals surface area contributed by atoms with E-state index < -0.39 is 6.04 Å². The van der Waals surface area contributed by atoms with E-state index in [0.29, 0.717) is 6.42 Å². The third-order valence-corrected chi connectivity index (χ3v) is 3.30. The highest BCUT2D eigenvalue weighted by Crippen LogP contribution is 2.20. The minimum absolute atomic E-state index is 0. The molecule has 2 aromatic rings. The number of carbonyl (C=O) groups is 1. The Morgan fingerprint density at radius 3 is 2.00 bits per heavy atom. The minimum Gasteiger partial charge on any atom is -0.468 e. The summed E-state index contributed by atoms with van der Waals surface area (Å²) in [5.41, 5.74) is 10.4. The maximum atomic E-state index is 11.3. The monoisotopic (exact) mass is 305 g/mol. The molecule has 0 bridgehead atoms. The van der Waals surface area contributed by atoms with Crippen LogP contribution in [0.15, 0.2) is 48.5 Å². The van der Waals surface area contributed by atoms with E-state index in [-0.39, 0.29) is 18.4 Å². The molecular weight excluding hydrogens is 286 g/mol. The highest BCUT2D eigenvalue weighted by atomic mass is 35.5. The maximum absolute atomic E-state index is 11.3. The Bertz CT molecular complexity index is 579. The number of methoxy groups -OCH3 is 1. The largest absolute Gasteiger partial charge is 0.468 e. The number of rotatable bonds is 4. The second kappa shape index (κ2) is 7.81. The van der Waals surface area contributed by atoms with Crippen molar-refractivity contribution in [1.29, 1.82) is 0 Å². The van der Waals surface area contributed by atoms with Gasteiger partial charge in [-0.25, -0.2) is 0 Å². The van der Waals surface area contributed by atoms with Gasteiger partial charge in [0.05, 0.1) is 7.11 Å². The molecule has 0 radical (unpaired) electrons. The summed E-state index contributed by atoms with van der Waals surface area (Å²) >= 11 is 0. The van der Waals surface area contributed by atoms with Crippen LogP contribution in [0.3, 0.4) is 0 Å². The summed E-state index contributed by atoms with van der Waals surface area (Å²) in [5, 5.41) is 0. The molecule has 0 saturated heterocycles. The third kappa shape index (κ3) is 4.59. The Hall–Kier alpha value is -1.84. The van der Waals surface area contributed by atoms with Gasteiger partial charge in [-0.3, -0.25) is 4.79 Å². The molecule has 2 rings (SSSR count). The molecule has 4 heteroatoms. The van der Waals surface area contributed by atoms with Crippen LogP contribution in [-0.4, -0.2) is 19.1 Å². The summed E-state index contributed by atoms with van der Waals surface area (Å²) in [5.74, 6) is -0.382. The van der Waals surface area contributed by atoms with Crippen molar-refractivity contribution in [3.8, 4) is 11.1 Å². The number of hydrogen-bond donors (Lipinski definition) is 1. The van der Waals surface area contributed by atoms with E-state index in [0.717, 1.165) is 11.1 Å². The molecule has 0 heterocycles. The number of halogens is 1. The molecule has 0 fully saturated rings. The Kier molecular flexibility index (Phi) is 6.40. The van der Waals surface area contributed by atoms with Gasteiger partial charge >= 0.3 is 5.97 Å². The fourth-order valence-electron chi connectivity index (χ4n) is 2.07. The summed E-state index contributed by atoms with van der Waals surface area (Å²) in [6, 6.07) is 15.9. The molecule has 0 amide bonds. The number of carbonyl (C=O) groups excluding carboxylic acids is 1. The van der Waals surface area contributed by atoms with E-state index in [1.54, 1.807) is 0 Å². The number of benzene rings is 2. The summed E-state index contributed by atoms with van der Waals surface area (Å²) < 4.78 is 4.62. The smallest absolute Gasteiger partial charge is 0.322 e. The average Bonchev–Trinajstić information content (AvgIpc) is 2.48. The lowest BCUT2D eigenvalue weighted by atomic mass is 10.0. The van der Waals surface area contributed by atoms with Gasteiger partial charge in [0.15, 0.2) is 0 Å². The molecule has 2 aromatic carbocycles. The molecule has 0 aromatic heterocycles. The molecule has 0 saturated carbocycles. The van der Waals surface area contributed by atoms with Gasteiger partial charge in [-0.15, -0.1) is 12.4 Å². The summed E-state index contributed by atoms with van der Waals surface area (Å²) in [4.78, 5) is 11.3. The van der Waals surface area contributed by atoms with Gasteiger partial charge in [0, 0.05) is 0 Å². The van der Waals surface area contributed by atoms with E-state index in [2.05, 4.69) is 35.9 Å². The Morgan fingerprint density at radius 1 is 1.05 bits per heavy atom. The first kappa shape index (κ1) is 17.2. The van der Waals surface area contributed by atoms with E-state index in [1.807, 2.05) is 24.3 Å². The molecular formula is C17H20ClNO2. The van der Waals surface area contributed by atoms with Crippen LogP contribution >= 0.6 is 12.4 Å². The summed E-state index contributed by atoms with van der Waals surface area (Å²) in [7, 11) is 1.35. The van der Waals surface area contributed by atoms with Gasteiger partial charge in [0.2, 0.25) is 0 Å². The minimum atomic E-state index is -0.606. The van der Waals surface area contributed by atoms with Crippen molar-refractivity contribution in [2.45, 2.75) is 19.4 Å². The molecule has 0 aliphatic rings. The van der Waals surface area contributed by atoms with Crippen molar-refractivity contribution >= 4 is 18.4 Å². The number of ether oxygens (including phenoxy) is 1. The van der Waals surface area contributed by atoms with E-state index in [1.165, 1.54) is 18.2 Å². The second-order valence-electron chi connectivity index (χ2n) is 4.90. The zero-order chi connectivity index (χ0) is 14.5. The van der Waals surface area contributed by atoms with Crippen molar-refractivity contribution in [1.82, 2.24) is 0 Å². The van der Waals surface area contributed by atoms with Crippen LogP contribution < -0.4 is 5.73 Å². The van der Waals surface area contributed by atoms with E-state index in [4.69, 9.17) is 5.73 Å². The number of nitrogens with two attached hydrogens (primary N) is 1. The maximum Gasteiger partial charge on any atom is 0.322 e. The fourth-order valence-corrected chi connectivity index (χ4v) is 2.07. The first-order valence-corrected chi connectivity index (χ1v) is 6.59. The van der Waals surface area contributed by atoms with Crippen molar-refractivity contribution < 1.29 is 9.53 Å². The van der Waals surface area contributed by atoms with Gasteiger partial charge in [0.25, 0.3) is 0 Å². The van der Waals surface area contributed by atoms with E-state index >= 15 is 0 Å². The van der Waals surface area contributed by atoms with Crippen LogP contribution in [-0.2, 0) is 16.0 Å². The van der Waals surface area contributed by atoms with Crippen LogP contribution in [0.1, 0.15) is 11.1 Å². The molecule has 0 aliphatic heterocycles. The van der Waals surface area contributed by atoms with Crippen molar-refractivity contribution in [3.05, 3.63) is 59.7 Å². The topological polar surface area (TPSA) is 52.3 Å². The standard InChI is InChI=1S/C17H19NO2.ClH/c1-12-3-7-14(8-4-12)15-9-5-13(6-10-15)11-16(18)17(19)20-2;/h3-10,16H,11,18H2,1-2H3;1H/t16-;/m0./s1. The van der Waals surface area contributed by atoms with Crippen LogP contribution in [0.2, 0.25) is 0 Å². The number of hydrogen-bond acceptors (Lipinski definition) is 3. The van der Waals surface area contributed by atoms with Crippen LogP contribution in [0.25, 0.3) is 11.1 Å². The quantitative estimate of drug-likeness (QED) is 0.883. The van der Waals surface area contributed by atoms with Crippen LogP contribution in [0, 0.1) is 6.92 Å². The van der Waals surface area contributed by atoms with Gasteiger partial charge in [-0.2, -0.15) is 0 Å². The summed E-state index contributed by atoms with van der Waals surface area (Å²) in [6.45, 7) is 2.07. The molecule has 21 heavy (non-hydrogen) atoms.